The molecule has 0 bridgehead atoms. The molecule has 1 unspecified atom stereocenters. The van der Waals surface area contributed by atoms with Gasteiger partial charge in [-0.25, -0.2) is 0 Å². The summed E-state index contributed by atoms with van der Waals surface area (Å²) in [4.78, 5) is 0. The van der Waals surface area contributed by atoms with E-state index >= 15 is 0 Å². The molecule has 0 saturated heterocycles. The number of aliphatic hydroxyl groups is 1. The zero-order valence-corrected chi connectivity index (χ0v) is 10.5. The monoisotopic (exact) mass is 260 g/mol. The van der Waals surface area contributed by atoms with Gasteiger partial charge in [-0.15, -0.1) is 6.58 Å². The lowest BCUT2D eigenvalue weighted by atomic mass is 10.1. The SMILES string of the molecule is C=CC(O)c1cccc(Oc2cccc(Cl)c2)c1. The predicted octanol–water partition coefficient (Wildman–Crippen LogP) is 4.35. The molecule has 1 N–H and O–H groups in total. The molecule has 92 valence electrons. The third kappa shape index (κ3) is 3.13. The average Bonchev–Trinajstić information content (AvgIpc) is 2.38. The van der Waals surface area contributed by atoms with Crippen molar-refractivity contribution < 1.29 is 9.84 Å². The average molecular weight is 261 g/mol. The third-order valence-corrected chi connectivity index (χ3v) is 2.69. The molecule has 0 aromatic heterocycles. The van der Waals surface area contributed by atoms with Gasteiger partial charge < -0.3 is 9.84 Å². The Kier molecular flexibility index (Phi) is 4.03. The van der Waals surface area contributed by atoms with E-state index in [0.29, 0.717) is 16.5 Å². The van der Waals surface area contributed by atoms with E-state index in [2.05, 4.69) is 6.58 Å². The fourth-order valence-electron chi connectivity index (χ4n) is 1.56. The van der Waals surface area contributed by atoms with E-state index in [0.717, 1.165) is 5.56 Å². The molecule has 0 radical (unpaired) electrons. The fraction of sp³-hybridized carbons (Fsp3) is 0.0667. The summed E-state index contributed by atoms with van der Waals surface area (Å²) in [5.74, 6) is 1.31. The first kappa shape index (κ1) is 12.7. The Bertz CT molecular complexity index is 552. The molecule has 2 rings (SSSR count). The Morgan fingerprint density at radius 1 is 1.11 bits per heavy atom. The van der Waals surface area contributed by atoms with Crippen LogP contribution in [-0.4, -0.2) is 5.11 Å². The van der Waals surface area contributed by atoms with Gasteiger partial charge in [-0.3, -0.25) is 0 Å². The Morgan fingerprint density at radius 3 is 2.44 bits per heavy atom. The summed E-state index contributed by atoms with van der Waals surface area (Å²) < 4.78 is 5.66. The normalized spacial score (nSPS) is 11.9. The lowest BCUT2D eigenvalue weighted by Crippen LogP contribution is -1.93. The van der Waals surface area contributed by atoms with Crippen LogP contribution in [0, 0.1) is 0 Å². The fourth-order valence-corrected chi connectivity index (χ4v) is 1.74. The van der Waals surface area contributed by atoms with Gasteiger partial charge in [0.05, 0.1) is 6.10 Å². The van der Waals surface area contributed by atoms with Crippen LogP contribution in [0.15, 0.2) is 61.2 Å². The van der Waals surface area contributed by atoms with Gasteiger partial charge >= 0.3 is 0 Å². The summed E-state index contributed by atoms with van der Waals surface area (Å²) in [5.41, 5.74) is 0.740. The molecule has 0 aliphatic heterocycles. The van der Waals surface area contributed by atoms with Crippen LogP contribution in [0.4, 0.5) is 0 Å². The van der Waals surface area contributed by atoms with Gasteiger partial charge in [0, 0.05) is 5.02 Å². The van der Waals surface area contributed by atoms with Crippen molar-refractivity contribution in [3.8, 4) is 11.5 Å². The van der Waals surface area contributed by atoms with Crippen LogP contribution in [0.2, 0.25) is 5.02 Å². The largest absolute Gasteiger partial charge is 0.457 e. The van der Waals surface area contributed by atoms with Gasteiger partial charge in [0.25, 0.3) is 0 Å². The molecule has 0 spiro atoms. The van der Waals surface area contributed by atoms with Crippen LogP contribution in [0.5, 0.6) is 11.5 Å². The minimum absolute atomic E-state index is 0.620. The summed E-state index contributed by atoms with van der Waals surface area (Å²) in [6.45, 7) is 3.55. The second kappa shape index (κ2) is 5.71. The minimum Gasteiger partial charge on any atom is -0.457 e. The highest BCUT2D eigenvalue weighted by Crippen LogP contribution is 2.26. The molecule has 0 fully saturated rings. The maximum absolute atomic E-state index is 9.67. The number of benzene rings is 2. The van der Waals surface area contributed by atoms with Gasteiger partial charge in [0.2, 0.25) is 0 Å². The molecule has 0 heterocycles. The van der Waals surface area contributed by atoms with Crippen molar-refractivity contribution in [3.05, 3.63) is 71.8 Å². The van der Waals surface area contributed by atoms with E-state index in [1.807, 2.05) is 30.3 Å². The van der Waals surface area contributed by atoms with Gasteiger partial charge in [0.1, 0.15) is 11.5 Å². The Morgan fingerprint density at radius 2 is 1.78 bits per heavy atom. The number of hydrogen-bond acceptors (Lipinski definition) is 2. The topological polar surface area (TPSA) is 29.5 Å². The minimum atomic E-state index is -0.687. The molecule has 3 heteroatoms. The predicted molar refractivity (Wildman–Crippen MR) is 73.1 cm³/mol. The summed E-state index contributed by atoms with van der Waals surface area (Å²) >= 11 is 5.88. The maximum Gasteiger partial charge on any atom is 0.128 e. The molecule has 2 aromatic rings. The van der Waals surface area contributed by atoms with Crippen molar-refractivity contribution in [3.63, 3.8) is 0 Å². The second-order valence-corrected chi connectivity index (χ2v) is 4.25. The van der Waals surface area contributed by atoms with Crippen LogP contribution < -0.4 is 4.74 Å². The standard InChI is InChI=1S/C15H13ClO2/c1-2-15(17)11-5-3-7-13(9-11)18-14-8-4-6-12(16)10-14/h2-10,15,17H,1H2. The molecule has 1 atom stereocenters. The van der Waals surface area contributed by atoms with Crippen LogP contribution >= 0.6 is 11.6 Å². The van der Waals surface area contributed by atoms with Crippen LogP contribution in [0.25, 0.3) is 0 Å². The van der Waals surface area contributed by atoms with E-state index in [1.165, 1.54) is 6.08 Å². The number of aliphatic hydroxyl groups excluding tert-OH is 1. The molecule has 0 aliphatic carbocycles. The first-order valence-corrected chi connectivity index (χ1v) is 5.91. The first-order valence-electron chi connectivity index (χ1n) is 5.53. The Hall–Kier alpha value is -1.77. The number of hydrogen-bond donors (Lipinski definition) is 1. The van der Waals surface area contributed by atoms with E-state index in [4.69, 9.17) is 16.3 Å². The van der Waals surface area contributed by atoms with Crippen molar-refractivity contribution in [1.82, 2.24) is 0 Å². The van der Waals surface area contributed by atoms with Crippen molar-refractivity contribution >= 4 is 11.6 Å². The van der Waals surface area contributed by atoms with Crippen molar-refractivity contribution in [2.24, 2.45) is 0 Å². The van der Waals surface area contributed by atoms with Crippen molar-refractivity contribution in [2.45, 2.75) is 6.10 Å². The third-order valence-electron chi connectivity index (χ3n) is 2.45. The van der Waals surface area contributed by atoms with Gasteiger partial charge in [-0.05, 0) is 35.9 Å². The number of rotatable bonds is 4. The number of ether oxygens (including phenoxy) is 1. The summed E-state index contributed by atoms with van der Waals surface area (Å²) in [6, 6.07) is 14.4. The lowest BCUT2D eigenvalue weighted by Gasteiger charge is -2.09. The van der Waals surface area contributed by atoms with E-state index in [9.17, 15) is 5.11 Å². The zero-order valence-electron chi connectivity index (χ0n) is 9.71. The quantitative estimate of drug-likeness (QED) is 0.828. The van der Waals surface area contributed by atoms with Crippen LogP contribution in [-0.2, 0) is 0 Å². The molecular formula is C15H13ClO2. The second-order valence-electron chi connectivity index (χ2n) is 3.81. The highest BCUT2D eigenvalue weighted by atomic mass is 35.5. The van der Waals surface area contributed by atoms with E-state index in [1.54, 1.807) is 18.2 Å². The molecule has 0 saturated carbocycles. The zero-order chi connectivity index (χ0) is 13.0. The van der Waals surface area contributed by atoms with E-state index in [-0.39, 0.29) is 0 Å². The highest BCUT2D eigenvalue weighted by molar-refractivity contribution is 6.30. The summed E-state index contributed by atoms with van der Waals surface area (Å²) in [5, 5.41) is 10.3. The summed E-state index contributed by atoms with van der Waals surface area (Å²) in [7, 11) is 0. The van der Waals surface area contributed by atoms with E-state index < -0.39 is 6.10 Å². The first-order chi connectivity index (χ1) is 8.69. The van der Waals surface area contributed by atoms with Crippen molar-refractivity contribution in [1.29, 1.82) is 0 Å². The molecule has 0 aliphatic rings. The lowest BCUT2D eigenvalue weighted by molar-refractivity contribution is 0.228. The molecule has 0 amide bonds. The van der Waals surface area contributed by atoms with Gasteiger partial charge in [-0.1, -0.05) is 35.9 Å². The van der Waals surface area contributed by atoms with Gasteiger partial charge in [0.15, 0.2) is 0 Å². The number of halogens is 1. The van der Waals surface area contributed by atoms with Gasteiger partial charge in [-0.2, -0.15) is 0 Å². The Labute approximate surface area is 111 Å². The Balaban J connectivity index is 2.21. The molecule has 2 nitrogen and oxygen atoms in total. The van der Waals surface area contributed by atoms with Crippen molar-refractivity contribution in [2.75, 3.05) is 0 Å². The smallest absolute Gasteiger partial charge is 0.128 e. The molecule has 18 heavy (non-hydrogen) atoms. The molecular weight excluding hydrogens is 248 g/mol. The van der Waals surface area contributed by atoms with Crippen LogP contribution in [0.1, 0.15) is 11.7 Å². The molecule has 2 aromatic carbocycles. The van der Waals surface area contributed by atoms with Crippen LogP contribution in [0.3, 0.4) is 0 Å². The summed E-state index contributed by atoms with van der Waals surface area (Å²) in [6.07, 6.45) is 0.784. The highest BCUT2D eigenvalue weighted by Gasteiger charge is 2.04. The maximum atomic E-state index is 9.67.